The minimum atomic E-state index is -0.184. The highest BCUT2D eigenvalue weighted by molar-refractivity contribution is 5.22. The Kier molecular flexibility index (Phi) is 4.11. The van der Waals surface area contributed by atoms with Crippen LogP contribution in [0.2, 0.25) is 0 Å². The maximum atomic E-state index is 13.1. The molecule has 0 spiro atoms. The fourth-order valence-electron chi connectivity index (χ4n) is 1.87. The lowest BCUT2D eigenvalue weighted by atomic mass is 10.1. The van der Waals surface area contributed by atoms with E-state index in [1.165, 1.54) is 17.2 Å². The molecular formula is C16H18FN. The van der Waals surface area contributed by atoms with E-state index in [-0.39, 0.29) is 11.9 Å². The Balaban J connectivity index is 1.96. The first-order valence-electron chi connectivity index (χ1n) is 6.19. The van der Waals surface area contributed by atoms with Crippen LogP contribution in [-0.2, 0) is 6.54 Å². The zero-order valence-corrected chi connectivity index (χ0v) is 10.8. The number of rotatable bonds is 4. The molecule has 0 saturated carbocycles. The molecule has 0 radical (unpaired) electrons. The smallest absolute Gasteiger partial charge is 0.123 e. The normalized spacial score (nSPS) is 12.4. The van der Waals surface area contributed by atoms with E-state index < -0.39 is 0 Å². The molecule has 0 aliphatic heterocycles. The summed E-state index contributed by atoms with van der Waals surface area (Å²) in [4.78, 5) is 0. The summed E-state index contributed by atoms with van der Waals surface area (Å²) >= 11 is 0. The summed E-state index contributed by atoms with van der Waals surface area (Å²) < 4.78 is 13.1. The molecule has 0 amide bonds. The molecule has 0 aliphatic carbocycles. The third-order valence-electron chi connectivity index (χ3n) is 3.08. The highest BCUT2D eigenvalue weighted by Gasteiger charge is 2.05. The minimum Gasteiger partial charge on any atom is -0.306 e. The Bertz CT molecular complexity index is 505. The Morgan fingerprint density at radius 2 is 1.83 bits per heavy atom. The van der Waals surface area contributed by atoms with Gasteiger partial charge in [0.15, 0.2) is 0 Å². The van der Waals surface area contributed by atoms with Gasteiger partial charge in [0.05, 0.1) is 0 Å². The van der Waals surface area contributed by atoms with E-state index in [0.29, 0.717) is 0 Å². The van der Waals surface area contributed by atoms with Crippen LogP contribution < -0.4 is 5.32 Å². The Labute approximate surface area is 108 Å². The van der Waals surface area contributed by atoms with Gasteiger partial charge in [-0.1, -0.05) is 42.0 Å². The van der Waals surface area contributed by atoms with Crippen molar-refractivity contribution in [2.75, 3.05) is 0 Å². The van der Waals surface area contributed by atoms with Gasteiger partial charge in [0.1, 0.15) is 5.82 Å². The molecule has 0 bridgehead atoms. The fraction of sp³-hybridized carbons (Fsp3) is 0.250. The van der Waals surface area contributed by atoms with Gasteiger partial charge < -0.3 is 5.32 Å². The van der Waals surface area contributed by atoms with Crippen molar-refractivity contribution < 1.29 is 4.39 Å². The van der Waals surface area contributed by atoms with E-state index in [1.54, 1.807) is 12.1 Å². The number of hydrogen-bond donors (Lipinski definition) is 1. The first-order chi connectivity index (χ1) is 8.65. The molecule has 18 heavy (non-hydrogen) atoms. The largest absolute Gasteiger partial charge is 0.306 e. The zero-order valence-electron chi connectivity index (χ0n) is 10.8. The molecule has 1 nitrogen and oxygen atoms in total. The first kappa shape index (κ1) is 12.8. The number of hydrogen-bond acceptors (Lipinski definition) is 1. The van der Waals surface area contributed by atoms with E-state index >= 15 is 0 Å². The number of aryl methyl sites for hydroxylation is 1. The van der Waals surface area contributed by atoms with Gasteiger partial charge in [0.25, 0.3) is 0 Å². The van der Waals surface area contributed by atoms with Gasteiger partial charge in [-0.05, 0) is 37.1 Å². The second-order valence-electron chi connectivity index (χ2n) is 4.64. The second kappa shape index (κ2) is 5.78. The van der Waals surface area contributed by atoms with Crippen LogP contribution in [0.4, 0.5) is 4.39 Å². The van der Waals surface area contributed by atoms with E-state index in [2.05, 4.69) is 36.5 Å². The van der Waals surface area contributed by atoms with Crippen LogP contribution >= 0.6 is 0 Å². The molecule has 1 N–H and O–H groups in total. The molecule has 2 rings (SSSR count). The van der Waals surface area contributed by atoms with Crippen LogP contribution in [0, 0.1) is 12.7 Å². The standard InChI is InChI=1S/C16H18FN/c1-12-6-8-14(9-7-12)11-18-13(2)15-4-3-5-16(17)10-15/h3-10,13,18H,11H2,1-2H3/t13-/m1/s1. The molecule has 2 heteroatoms. The van der Waals surface area contributed by atoms with E-state index in [4.69, 9.17) is 0 Å². The average Bonchev–Trinajstić information content (AvgIpc) is 2.38. The first-order valence-corrected chi connectivity index (χ1v) is 6.19. The van der Waals surface area contributed by atoms with Crippen molar-refractivity contribution in [1.29, 1.82) is 0 Å². The van der Waals surface area contributed by atoms with Crippen LogP contribution in [-0.4, -0.2) is 0 Å². The number of nitrogens with one attached hydrogen (secondary N) is 1. The fourth-order valence-corrected chi connectivity index (χ4v) is 1.87. The molecule has 0 heterocycles. The van der Waals surface area contributed by atoms with Gasteiger partial charge in [-0.3, -0.25) is 0 Å². The molecule has 1 atom stereocenters. The van der Waals surface area contributed by atoms with Crippen molar-refractivity contribution in [3.8, 4) is 0 Å². The predicted molar refractivity (Wildman–Crippen MR) is 72.8 cm³/mol. The Morgan fingerprint density at radius 3 is 2.50 bits per heavy atom. The molecule has 0 aliphatic rings. The summed E-state index contributed by atoms with van der Waals surface area (Å²) in [6, 6.07) is 15.3. The van der Waals surface area contributed by atoms with Crippen LogP contribution in [0.25, 0.3) is 0 Å². The summed E-state index contributed by atoms with van der Waals surface area (Å²) in [5.74, 6) is -0.184. The van der Waals surface area contributed by atoms with E-state index in [1.807, 2.05) is 13.0 Å². The molecule has 2 aromatic carbocycles. The maximum Gasteiger partial charge on any atom is 0.123 e. The van der Waals surface area contributed by atoms with Crippen molar-refractivity contribution in [3.05, 3.63) is 71.0 Å². The summed E-state index contributed by atoms with van der Waals surface area (Å²) in [5.41, 5.74) is 3.47. The summed E-state index contributed by atoms with van der Waals surface area (Å²) in [6.45, 7) is 4.91. The van der Waals surface area contributed by atoms with Gasteiger partial charge in [-0.15, -0.1) is 0 Å². The van der Waals surface area contributed by atoms with Crippen LogP contribution in [0.1, 0.15) is 29.7 Å². The van der Waals surface area contributed by atoms with Gasteiger partial charge in [0, 0.05) is 12.6 Å². The third kappa shape index (κ3) is 3.41. The maximum absolute atomic E-state index is 13.1. The molecule has 0 saturated heterocycles. The minimum absolute atomic E-state index is 0.141. The molecule has 2 aromatic rings. The number of benzene rings is 2. The summed E-state index contributed by atoms with van der Waals surface area (Å²) in [6.07, 6.45) is 0. The summed E-state index contributed by atoms with van der Waals surface area (Å²) in [5, 5.41) is 3.40. The van der Waals surface area contributed by atoms with E-state index in [0.717, 1.165) is 12.1 Å². The monoisotopic (exact) mass is 243 g/mol. The lowest BCUT2D eigenvalue weighted by Crippen LogP contribution is -2.18. The van der Waals surface area contributed by atoms with Crippen molar-refractivity contribution >= 4 is 0 Å². The SMILES string of the molecule is Cc1ccc(CN[C@H](C)c2cccc(F)c2)cc1. The van der Waals surface area contributed by atoms with Crippen LogP contribution in [0.15, 0.2) is 48.5 Å². The molecule has 0 fully saturated rings. The van der Waals surface area contributed by atoms with Gasteiger partial charge in [0.2, 0.25) is 0 Å². The average molecular weight is 243 g/mol. The number of halogens is 1. The lowest BCUT2D eigenvalue weighted by Gasteiger charge is -2.14. The van der Waals surface area contributed by atoms with Gasteiger partial charge >= 0.3 is 0 Å². The Hall–Kier alpha value is -1.67. The second-order valence-corrected chi connectivity index (χ2v) is 4.64. The van der Waals surface area contributed by atoms with Gasteiger partial charge in [-0.2, -0.15) is 0 Å². The Morgan fingerprint density at radius 1 is 1.11 bits per heavy atom. The molecule has 0 aromatic heterocycles. The zero-order chi connectivity index (χ0) is 13.0. The highest BCUT2D eigenvalue weighted by Crippen LogP contribution is 2.14. The third-order valence-corrected chi connectivity index (χ3v) is 3.08. The van der Waals surface area contributed by atoms with Crippen molar-refractivity contribution in [2.45, 2.75) is 26.4 Å². The molecular weight excluding hydrogens is 225 g/mol. The lowest BCUT2D eigenvalue weighted by molar-refractivity contribution is 0.565. The van der Waals surface area contributed by atoms with Crippen LogP contribution in [0.5, 0.6) is 0 Å². The van der Waals surface area contributed by atoms with Crippen molar-refractivity contribution in [2.24, 2.45) is 0 Å². The highest BCUT2D eigenvalue weighted by atomic mass is 19.1. The summed E-state index contributed by atoms with van der Waals surface area (Å²) in [7, 11) is 0. The molecule has 94 valence electrons. The topological polar surface area (TPSA) is 12.0 Å². The quantitative estimate of drug-likeness (QED) is 0.856. The van der Waals surface area contributed by atoms with Crippen molar-refractivity contribution in [3.63, 3.8) is 0 Å². The van der Waals surface area contributed by atoms with Crippen molar-refractivity contribution in [1.82, 2.24) is 5.32 Å². The predicted octanol–water partition coefficient (Wildman–Crippen LogP) is 3.98. The van der Waals surface area contributed by atoms with Crippen LogP contribution in [0.3, 0.4) is 0 Å². The molecule has 0 unspecified atom stereocenters. The van der Waals surface area contributed by atoms with Gasteiger partial charge in [-0.25, -0.2) is 4.39 Å². The van der Waals surface area contributed by atoms with E-state index in [9.17, 15) is 4.39 Å².